The molecular formula is C27H21F3N4O2S. The van der Waals surface area contributed by atoms with Crippen LogP contribution in [-0.2, 0) is 16.2 Å². The molecule has 2 N–H and O–H groups in total. The molecule has 37 heavy (non-hydrogen) atoms. The van der Waals surface area contributed by atoms with Gasteiger partial charge < -0.3 is 5.32 Å². The van der Waals surface area contributed by atoms with E-state index in [4.69, 9.17) is 0 Å². The highest BCUT2D eigenvalue weighted by atomic mass is 32.2. The van der Waals surface area contributed by atoms with Gasteiger partial charge in [0, 0.05) is 11.1 Å². The molecule has 0 aliphatic rings. The molecule has 4 aromatic carbocycles. The van der Waals surface area contributed by atoms with Crippen molar-refractivity contribution in [3.63, 3.8) is 0 Å². The van der Waals surface area contributed by atoms with Crippen molar-refractivity contribution in [1.29, 1.82) is 0 Å². The largest absolute Gasteiger partial charge is 0.417 e. The van der Waals surface area contributed by atoms with Gasteiger partial charge in [0.2, 0.25) is 0 Å². The Morgan fingerprint density at radius 2 is 1.35 bits per heavy atom. The molecule has 1 heterocycles. The number of halogens is 3. The van der Waals surface area contributed by atoms with E-state index in [1.807, 2.05) is 56.3 Å². The smallest absolute Gasteiger partial charge is 0.337 e. The van der Waals surface area contributed by atoms with Crippen molar-refractivity contribution in [2.24, 2.45) is 0 Å². The van der Waals surface area contributed by atoms with Crippen molar-refractivity contribution in [2.75, 3.05) is 10.0 Å². The number of hydrogen-bond donors (Lipinski definition) is 2. The van der Waals surface area contributed by atoms with Crippen LogP contribution in [0.5, 0.6) is 0 Å². The Hall–Kier alpha value is -4.18. The lowest BCUT2D eigenvalue weighted by molar-refractivity contribution is -0.139. The van der Waals surface area contributed by atoms with E-state index < -0.39 is 26.7 Å². The molecule has 0 saturated heterocycles. The molecule has 6 nitrogen and oxygen atoms in total. The Bertz CT molecular complexity index is 1760. The summed E-state index contributed by atoms with van der Waals surface area (Å²) in [6, 6.07) is 20.7. The highest BCUT2D eigenvalue weighted by Crippen LogP contribution is 2.36. The fraction of sp³-hybridized carbons (Fsp3) is 0.111. The summed E-state index contributed by atoms with van der Waals surface area (Å²) in [5, 5.41) is 4.93. The number of fused-ring (bicyclic) bond motifs is 2. The number of anilines is 3. The topological polar surface area (TPSA) is 84.0 Å². The highest BCUT2D eigenvalue weighted by Gasteiger charge is 2.37. The van der Waals surface area contributed by atoms with Gasteiger partial charge in [-0.15, -0.1) is 0 Å². The molecule has 0 bridgehead atoms. The Morgan fingerprint density at radius 1 is 0.757 bits per heavy atom. The second kappa shape index (κ2) is 9.04. The van der Waals surface area contributed by atoms with Crippen LogP contribution >= 0.6 is 0 Å². The molecular weight excluding hydrogens is 501 g/mol. The Kier molecular flexibility index (Phi) is 5.99. The van der Waals surface area contributed by atoms with E-state index in [2.05, 4.69) is 20.0 Å². The van der Waals surface area contributed by atoms with Crippen LogP contribution in [0, 0.1) is 13.8 Å². The predicted molar refractivity (Wildman–Crippen MR) is 138 cm³/mol. The Balaban J connectivity index is 1.67. The van der Waals surface area contributed by atoms with Crippen LogP contribution in [0.25, 0.3) is 21.8 Å². The number of rotatable bonds is 5. The zero-order valence-electron chi connectivity index (χ0n) is 19.8. The van der Waals surface area contributed by atoms with Gasteiger partial charge in [0.05, 0.1) is 21.5 Å². The normalized spacial score (nSPS) is 12.1. The van der Waals surface area contributed by atoms with Gasteiger partial charge in [0.25, 0.3) is 10.0 Å². The van der Waals surface area contributed by atoms with Gasteiger partial charge in [0.15, 0.2) is 11.6 Å². The summed E-state index contributed by atoms with van der Waals surface area (Å²) < 4.78 is 69.5. The first-order chi connectivity index (χ1) is 17.5. The van der Waals surface area contributed by atoms with Crippen molar-refractivity contribution in [2.45, 2.75) is 24.9 Å². The van der Waals surface area contributed by atoms with Gasteiger partial charge in [-0.25, -0.2) is 18.4 Å². The quantitative estimate of drug-likeness (QED) is 0.261. The minimum Gasteiger partial charge on any atom is -0.337 e. The fourth-order valence-corrected chi connectivity index (χ4v) is 5.29. The van der Waals surface area contributed by atoms with Crippen LogP contribution in [0.4, 0.5) is 30.5 Å². The molecule has 1 aromatic heterocycles. The van der Waals surface area contributed by atoms with Crippen LogP contribution in [0.2, 0.25) is 0 Å². The van der Waals surface area contributed by atoms with Crippen molar-refractivity contribution < 1.29 is 21.6 Å². The van der Waals surface area contributed by atoms with Gasteiger partial charge in [-0.3, -0.25) is 4.72 Å². The molecule has 0 atom stereocenters. The fourth-order valence-electron chi connectivity index (χ4n) is 4.05. The molecule has 5 rings (SSSR count). The van der Waals surface area contributed by atoms with Crippen LogP contribution in [0.3, 0.4) is 0 Å². The first kappa shape index (κ1) is 24.5. The van der Waals surface area contributed by atoms with E-state index in [0.717, 1.165) is 40.1 Å². The van der Waals surface area contributed by atoms with Crippen LogP contribution in [-0.4, -0.2) is 18.4 Å². The maximum Gasteiger partial charge on any atom is 0.417 e. The molecule has 0 fully saturated rings. The Labute approximate surface area is 211 Å². The first-order valence-electron chi connectivity index (χ1n) is 11.3. The molecule has 0 aliphatic heterocycles. The van der Waals surface area contributed by atoms with Gasteiger partial charge in [-0.1, -0.05) is 48.5 Å². The third-order valence-electron chi connectivity index (χ3n) is 6.04. The molecule has 5 aromatic rings. The van der Waals surface area contributed by atoms with Crippen LogP contribution < -0.4 is 10.0 Å². The molecule has 188 valence electrons. The molecule has 0 saturated carbocycles. The SMILES string of the molecule is Cc1cc2nc(Nc3cccc4ccccc34)c(NS(=O)(=O)c3ccccc3C(F)(F)F)nc2cc1C. The number of sulfonamides is 1. The molecule has 0 unspecified atom stereocenters. The minimum absolute atomic E-state index is 0.0557. The van der Waals surface area contributed by atoms with Crippen molar-refractivity contribution in [3.8, 4) is 0 Å². The average Bonchev–Trinajstić information content (AvgIpc) is 2.85. The number of hydrogen-bond acceptors (Lipinski definition) is 5. The first-order valence-corrected chi connectivity index (χ1v) is 12.7. The van der Waals surface area contributed by atoms with E-state index in [-0.39, 0.29) is 11.6 Å². The molecule has 0 radical (unpaired) electrons. The van der Waals surface area contributed by atoms with Gasteiger partial charge in [-0.05, 0) is 60.7 Å². The number of alkyl halides is 3. The number of nitrogens with zero attached hydrogens (tertiary/aromatic N) is 2. The Morgan fingerprint density at radius 3 is 2.05 bits per heavy atom. The third kappa shape index (κ3) is 4.79. The monoisotopic (exact) mass is 522 g/mol. The van der Waals surface area contributed by atoms with Crippen LogP contribution in [0.1, 0.15) is 16.7 Å². The third-order valence-corrected chi connectivity index (χ3v) is 7.43. The second-order valence-electron chi connectivity index (χ2n) is 8.60. The number of aromatic nitrogens is 2. The van der Waals surface area contributed by atoms with E-state index in [9.17, 15) is 21.6 Å². The standard InChI is InChI=1S/C27H21F3N4O2S/c1-16-14-22-23(15-17(16)2)33-26(34-37(35,36)24-13-6-5-11-20(24)27(28,29)30)25(32-22)31-21-12-7-9-18-8-3-4-10-19(18)21/h3-15H,1-2H3,(H,31,32)(H,33,34). The van der Waals surface area contributed by atoms with Crippen molar-refractivity contribution in [3.05, 3.63) is 95.6 Å². The summed E-state index contributed by atoms with van der Waals surface area (Å²) in [5.74, 6) is -0.166. The summed E-state index contributed by atoms with van der Waals surface area (Å²) in [4.78, 5) is 8.16. The van der Waals surface area contributed by atoms with Gasteiger partial charge >= 0.3 is 6.18 Å². The van der Waals surface area contributed by atoms with E-state index in [1.54, 1.807) is 12.1 Å². The summed E-state index contributed by atoms with van der Waals surface area (Å²) in [6.45, 7) is 3.79. The summed E-state index contributed by atoms with van der Waals surface area (Å²) in [6.07, 6.45) is -4.86. The highest BCUT2D eigenvalue weighted by molar-refractivity contribution is 7.92. The minimum atomic E-state index is -4.86. The summed E-state index contributed by atoms with van der Waals surface area (Å²) in [5.41, 5.74) is 2.13. The lowest BCUT2D eigenvalue weighted by atomic mass is 10.1. The molecule has 10 heteroatoms. The number of aryl methyl sites for hydroxylation is 2. The summed E-state index contributed by atoms with van der Waals surface area (Å²) >= 11 is 0. The van der Waals surface area contributed by atoms with Gasteiger partial charge in [-0.2, -0.15) is 13.2 Å². The van der Waals surface area contributed by atoms with E-state index in [1.165, 1.54) is 6.07 Å². The van der Waals surface area contributed by atoms with Crippen LogP contribution in [0.15, 0.2) is 83.8 Å². The number of nitrogens with one attached hydrogen (secondary N) is 2. The zero-order valence-corrected chi connectivity index (χ0v) is 20.6. The molecule has 0 aliphatic carbocycles. The number of benzene rings is 4. The van der Waals surface area contributed by atoms with Crippen molar-refractivity contribution >= 4 is 49.2 Å². The zero-order chi connectivity index (χ0) is 26.4. The molecule has 0 amide bonds. The lowest BCUT2D eigenvalue weighted by Crippen LogP contribution is -2.20. The molecule has 0 spiro atoms. The lowest BCUT2D eigenvalue weighted by Gasteiger charge is -2.17. The maximum atomic E-state index is 13.6. The second-order valence-corrected chi connectivity index (χ2v) is 10.2. The van der Waals surface area contributed by atoms with E-state index in [0.29, 0.717) is 16.7 Å². The predicted octanol–water partition coefficient (Wildman–Crippen LogP) is 6.96. The maximum absolute atomic E-state index is 13.6. The van der Waals surface area contributed by atoms with Crippen molar-refractivity contribution in [1.82, 2.24) is 9.97 Å². The van der Waals surface area contributed by atoms with E-state index >= 15 is 0 Å². The average molecular weight is 523 g/mol. The van der Waals surface area contributed by atoms with Gasteiger partial charge in [0.1, 0.15) is 0 Å². The summed E-state index contributed by atoms with van der Waals surface area (Å²) in [7, 11) is -4.68.